The number of aryl methyl sites for hydroxylation is 1. The fourth-order valence-electron chi connectivity index (χ4n) is 3.01. The van der Waals surface area contributed by atoms with E-state index in [4.69, 9.17) is 14.0 Å². The van der Waals surface area contributed by atoms with Crippen molar-refractivity contribution in [2.24, 2.45) is 0 Å². The molecule has 0 fully saturated rings. The van der Waals surface area contributed by atoms with Crippen LogP contribution in [0.25, 0.3) is 5.69 Å². The largest absolute Gasteiger partial charge is 0.497 e. The number of methoxy groups -OCH3 is 1. The quantitative estimate of drug-likeness (QED) is 0.299. The van der Waals surface area contributed by atoms with Crippen LogP contribution in [0.2, 0.25) is 0 Å². The molecule has 0 saturated heterocycles. The van der Waals surface area contributed by atoms with Crippen molar-refractivity contribution >= 4 is 11.8 Å². The van der Waals surface area contributed by atoms with Crippen LogP contribution < -0.4 is 9.47 Å². The summed E-state index contributed by atoms with van der Waals surface area (Å²) in [5.41, 5.74) is -0.517. The first-order chi connectivity index (χ1) is 16.4. The zero-order chi connectivity index (χ0) is 24.1. The Bertz CT molecular complexity index is 1240. The maximum Gasteiger partial charge on any atom is 0.416 e. The molecule has 2 aromatic carbocycles. The van der Waals surface area contributed by atoms with Gasteiger partial charge in [-0.25, -0.2) is 0 Å². The predicted molar refractivity (Wildman–Crippen MR) is 117 cm³/mol. The van der Waals surface area contributed by atoms with Crippen molar-refractivity contribution in [3.8, 4) is 17.2 Å². The summed E-state index contributed by atoms with van der Waals surface area (Å²) in [6.07, 6.45) is -3.86. The number of nitrogens with zero attached hydrogens (tertiary/aromatic N) is 5. The molecule has 0 atom stereocenters. The van der Waals surface area contributed by atoms with E-state index in [1.807, 2.05) is 6.92 Å². The number of hydrogen-bond acceptors (Lipinski definition) is 8. The highest BCUT2D eigenvalue weighted by Crippen LogP contribution is 2.32. The molecule has 0 amide bonds. The third-order valence-corrected chi connectivity index (χ3v) is 5.62. The van der Waals surface area contributed by atoms with Crippen LogP contribution in [0.4, 0.5) is 13.2 Å². The van der Waals surface area contributed by atoms with Crippen molar-refractivity contribution in [3.05, 3.63) is 71.6 Å². The SMILES string of the molecule is CCc1noc(CSc2nnc(COc3ccc(OC)cc3)n2-c2cccc(C(F)(F)F)c2)n1. The van der Waals surface area contributed by atoms with E-state index >= 15 is 0 Å². The molecule has 0 radical (unpaired) electrons. The topological polar surface area (TPSA) is 88.1 Å². The molecule has 0 aliphatic carbocycles. The maximum absolute atomic E-state index is 13.3. The van der Waals surface area contributed by atoms with Gasteiger partial charge in [0.25, 0.3) is 0 Å². The molecule has 0 unspecified atom stereocenters. The molecule has 0 bridgehead atoms. The van der Waals surface area contributed by atoms with Crippen molar-refractivity contribution in [3.63, 3.8) is 0 Å². The van der Waals surface area contributed by atoms with Crippen LogP contribution in [0.3, 0.4) is 0 Å². The molecule has 0 spiro atoms. The highest BCUT2D eigenvalue weighted by atomic mass is 32.2. The van der Waals surface area contributed by atoms with Gasteiger partial charge in [-0.1, -0.05) is 29.9 Å². The number of benzene rings is 2. The van der Waals surface area contributed by atoms with Crippen molar-refractivity contribution in [1.29, 1.82) is 0 Å². The van der Waals surface area contributed by atoms with Gasteiger partial charge < -0.3 is 14.0 Å². The second-order valence-corrected chi connectivity index (χ2v) is 7.94. The Hall–Kier alpha value is -3.54. The van der Waals surface area contributed by atoms with Crippen molar-refractivity contribution in [2.75, 3.05) is 7.11 Å². The molecule has 2 heterocycles. The number of ether oxygens (including phenoxy) is 2. The molecule has 0 N–H and O–H groups in total. The predicted octanol–water partition coefficient (Wildman–Crippen LogP) is 5.11. The summed E-state index contributed by atoms with van der Waals surface area (Å²) in [5, 5.41) is 12.5. The number of aromatic nitrogens is 5. The second kappa shape index (κ2) is 10.2. The first-order valence-electron chi connectivity index (χ1n) is 10.2. The Balaban J connectivity index is 1.62. The number of alkyl halides is 3. The number of halogens is 3. The van der Waals surface area contributed by atoms with Gasteiger partial charge in [-0.05, 0) is 42.5 Å². The Morgan fingerprint density at radius 2 is 1.82 bits per heavy atom. The van der Waals surface area contributed by atoms with Gasteiger partial charge in [0.2, 0.25) is 5.89 Å². The molecule has 2 aromatic heterocycles. The smallest absolute Gasteiger partial charge is 0.416 e. The van der Waals surface area contributed by atoms with Gasteiger partial charge in [-0.15, -0.1) is 10.2 Å². The summed E-state index contributed by atoms with van der Waals surface area (Å²) in [5.74, 6) is 2.79. The standard InChI is InChI=1S/C22H20F3N5O3S/c1-3-18-26-20(33-29-18)13-34-21-28-27-19(12-32-17-9-7-16(31-2)8-10-17)30(21)15-6-4-5-14(11-15)22(23,24)25/h4-11H,3,12-13H2,1-2H3. The molecule has 12 heteroatoms. The Morgan fingerprint density at radius 3 is 2.50 bits per heavy atom. The number of thioether (sulfide) groups is 1. The van der Waals surface area contributed by atoms with Crippen LogP contribution >= 0.6 is 11.8 Å². The number of rotatable bonds is 9. The normalized spacial score (nSPS) is 11.6. The van der Waals surface area contributed by atoms with Crippen molar-refractivity contribution < 1.29 is 27.2 Å². The lowest BCUT2D eigenvalue weighted by atomic mass is 10.2. The van der Waals surface area contributed by atoms with Crippen LogP contribution in [0.15, 0.2) is 58.2 Å². The summed E-state index contributed by atoms with van der Waals surface area (Å²) in [6, 6.07) is 11.9. The summed E-state index contributed by atoms with van der Waals surface area (Å²) in [6.45, 7) is 1.89. The summed E-state index contributed by atoms with van der Waals surface area (Å²) < 4.78 is 57.7. The summed E-state index contributed by atoms with van der Waals surface area (Å²) in [7, 11) is 1.56. The fourth-order valence-corrected chi connectivity index (χ4v) is 3.81. The van der Waals surface area contributed by atoms with Crippen LogP contribution in [0.5, 0.6) is 11.5 Å². The monoisotopic (exact) mass is 491 g/mol. The van der Waals surface area contributed by atoms with Gasteiger partial charge >= 0.3 is 6.18 Å². The van der Waals surface area contributed by atoms with Gasteiger partial charge in [0.15, 0.2) is 16.8 Å². The highest BCUT2D eigenvalue weighted by molar-refractivity contribution is 7.98. The molecule has 0 aliphatic heterocycles. The van der Waals surface area contributed by atoms with Crippen LogP contribution in [0, 0.1) is 0 Å². The molecule has 4 rings (SSSR count). The molecular weight excluding hydrogens is 471 g/mol. The van der Waals surface area contributed by atoms with E-state index in [9.17, 15) is 13.2 Å². The lowest BCUT2D eigenvalue weighted by Gasteiger charge is -2.13. The van der Waals surface area contributed by atoms with Gasteiger partial charge in [-0.2, -0.15) is 18.2 Å². The van der Waals surface area contributed by atoms with E-state index in [0.29, 0.717) is 40.6 Å². The number of hydrogen-bond donors (Lipinski definition) is 0. The molecule has 8 nitrogen and oxygen atoms in total. The fraction of sp³-hybridized carbons (Fsp3) is 0.273. The van der Waals surface area contributed by atoms with Crippen LogP contribution in [-0.4, -0.2) is 32.0 Å². The molecule has 34 heavy (non-hydrogen) atoms. The zero-order valence-corrected chi connectivity index (χ0v) is 19.1. The van der Waals surface area contributed by atoms with Crippen molar-refractivity contribution in [2.45, 2.75) is 37.0 Å². The third-order valence-electron chi connectivity index (χ3n) is 4.71. The van der Waals surface area contributed by atoms with E-state index in [2.05, 4.69) is 20.3 Å². The van der Waals surface area contributed by atoms with E-state index in [1.54, 1.807) is 37.4 Å². The molecule has 178 valence electrons. The van der Waals surface area contributed by atoms with E-state index in [0.717, 1.165) is 12.1 Å². The minimum atomic E-state index is -4.49. The minimum absolute atomic E-state index is 0.0172. The summed E-state index contributed by atoms with van der Waals surface area (Å²) >= 11 is 1.22. The van der Waals surface area contributed by atoms with Gasteiger partial charge in [-0.3, -0.25) is 4.57 Å². The Labute approximate surface area is 197 Å². The molecular formula is C22H20F3N5O3S. The van der Waals surface area contributed by atoms with E-state index < -0.39 is 11.7 Å². The molecule has 0 aliphatic rings. The first-order valence-corrected chi connectivity index (χ1v) is 11.2. The average Bonchev–Trinajstić information content (AvgIpc) is 3.48. The average molecular weight is 491 g/mol. The van der Waals surface area contributed by atoms with Crippen molar-refractivity contribution in [1.82, 2.24) is 24.9 Å². The first kappa shape index (κ1) is 23.6. The maximum atomic E-state index is 13.3. The molecule has 4 aromatic rings. The summed E-state index contributed by atoms with van der Waals surface area (Å²) in [4.78, 5) is 4.25. The Kier molecular flexibility index (Phi) is 7.06. The highest BCUT2D eigenvalue weighted by Gasteiger charge is 2.31. The molecule has 0 saturated carbocycles. The van der Waals surface area contributed by atoms with E-state index in [-0.39, 0.29) is 18.0 Å². The lowest BCUT2D eigenvalue weighted by molar-refractivity contribution is -0.137. The minimum Gasteiger partial charge on any atom is -0.497 e. The zero-order valence-electron chi connectivity index (χ0n) is 18.2. The third kappa shape index (κ3) is 5.50. The van der Waals surface area contributed by atoms with E-state index in [1.165, 1.54) is 22.4 Å². The van der Waals surface area contributed by atoms with Gasteiger partial charge in [0.1, 0.15) is 18.1 Å². The van der Waals surface area contributed by atoms with Gasteiger partial charge in [0.05, 0.1) is 24.1 Å². The van der Waals surface area contributed by atoms with Gasteiger partial charge in [0, 0.05) is 6.42 Å². The van der Waals surface area contributed by atoms with Crippen LogP contribution in [-0.2, 0) is 25.0 Å². The Morgan fingerprint density at radius 1 is 1.06 bits per heavy atom. The van der Waals surface area contributed by atoms with Crippen LogP contribution in [0.1, 0.15) is 30.0 Å². The lowest BCUT2D eigenvalue weighted by Crippen LogP contribution is -2.09. The second-order valence-electron chi connectivity index (χ2n) is 6.99.